The Labute approximate surface area is 148 Å². The second-order valence-corrected chi connectivity index (χ2v) is 7.99. The molecule has 1 saturated heterocycles. The van der Waals surface area contributed by atoms with Gasteiger partial charge in [-0.1, -0.05) is 20.8 Å². The van der Waals surface area contributed by atoms with Gasteiger partial charge >= 0.3 is 12.3 Å². The maximum Gasteiger partial charge on any atom is 0.417 e. The lowest BCUT2D eigenvalue weighted by Crippen LogP contribution is -2.37. The lowest BCUT2D eigenvalue weighted by atomic mass is 9.75. The van der Waals surface area contributed by atoms with Crippen molar-refractivity contribution in [3.63, 3.8) is 0 Å². The van der Waals surface area contributed by atoms with Crippen LogP contribution in [0, 0.1) is 28.5 Å². The van der Waals surface area contributed by atoms with E-state index in [4.69, 9.17) is 4.74 Å². The fourth-order valence-electron chi connectivity index (χ4n) is 4.36. The lowest BCUT2D eigenvalue weighted by Gasteiger charge is -2.32. The zero-order valence-electron chi connectivity index (χ0n) is 14.6. The number of alkyl halides is 3. The number of pyridine rings is 1. The SMILES string of the molecule is CC(C)(C)[C@@]12CN(C(=O)O)C[C@H]1[C@H]2COc1ncc(C(F)(F)F)cc1F. The maximum absolute atomic E-state index is 13.9. The first-order valence-corrected chi connectivity index (χ1v) is 8.21. The second kappa shape index (κ2) is 5.72. The number of fused-ring (bicyclic) bond motifs is 1. The van der Waals surface area contributed by atoms with Crippen molar-refractivity contribution in [2.24, 2.45) is 22.7 Å². The Balaban J connectivity index is 1.71. The van der Waals surface area contributed by atoms with Crippen molar-refractivity contribution in [1.29, 1.82) is 0 Å². The summed E-state index contributed by atoms with van der Waals surface area (Å²) in [6.07, 6.45) is -5.11. The topological polar surface area (TPSA) is 62.7 Å². The summed E-state index contributed by atoms with van der Waals surface area (Å²) >= 11 is 0. The molecule has 2 aliphatic rings. The van der Waals surface area contributed by atoms with E-state index in [0.717, 1.165) is 0 Å². The van der Waals surface area contributed by atoms with Gasteiger partial charge in [0.25, 0.3) is 0 Å². The van der Waals surface area contributed by atoms with E-state index in [2.05, 4.69) is 4.98 Å². The quantitative estimate of drug-likeness (QED) is 0.813. The maximum atomic E-state index is 13.9. The molecule has 26 heavy (non-hydrogen) atoms. The molecule has 9 heteroatoms. The van der Waals surface area contributed by atoms with Gasteiger partial charge in [-0.2, -0.15) is 13.2 Å². The Hall–Kier alpha value is -2.06. The molecule has 1 aliphatic carbocycles. The number of hydrogen-bond acceptors (Lipinski definition) is 3. The minimum absolute atomic E-state index is 0.00147. The molecule has 1 aliphatic heterocycles. The van der Waals surface area contributed by atoms with E-state index in [1.807, 2.05) is 20.8 Å². The van der Waals surface area contributed by atoms with Gasteiger partial charge in [-0.05, 0) is 17.4 Å². The lowest BCUT2D eigenvalue weighted by molar-refractivity contribution is -0.138. The van der Waals surface area contributed by atoms with Crippen molar-refractivity contribution in [2.45, 2.75) is 26.9 Å². The molecular weight excluding hydrogens is 356 g/mol. The molecule has 0 aromatic carbocycles. The molecule has 2 fully saturated rings. The summed E-state index contributed by atoms with van der Waals surface area (Å²) in [5.41, 5.74) is -1.65. The molecular formula is C17H20F4N2O3. The predicted octanol–water partition coefficient (Wildman–Crippen LogP) is 3.89. The van der Waals surface area contributed by atoms with Crippen molar-refractivity contribution in [2.75, 3.05) is 19.7 Å². The van der Waals surface area contributed by atoms with Crippen LogP contribution in [0.2, 0.25) is 0 Å². The highest BCUT2D eigenvalue weighted by atomic mass is 19.4. The third-order valence-electron chi connectivity index (χ3n) is 5.77. The summed E-state index contributed by atoms with van der Waals surface area (Å²) in [4.78, 5) is 16.0. The number of carbonyl (C=O) groups is 1. The number of carboxylic acid groups (broad SMARTS) is 1. The van der Waals surface area contributed by atoms with Crippen molar-refractivity contribution in [3.05, 3.63) is 23.6 Å². The molecule has 1 N–H and O–H groups in total. The summed E-state index contributed by atoms with van der Waals surface area (Å²) in [5, 5.41) is 9.20. The number of likely N-dealkylation sites (tertiary alicyclic amines) is 1. The predicted molar refractivity (Wildman–Crippen MR) is 83.2 cm³/mol. The summed E-state index contributed by atoms with van der Waals surface area (Å²) in [6, 6.07) is 0.363. The fourth-order valence-corrected chi connectivity index (χ4v) is 4.36. The summed E-state index contributed by atoms with van der Waals surface area (Å²) in [5.74, 6) is -1.55. The minimum atomic E-state index is -4.67. The Morgan fingerprint density at radius 2 is 2.08 bits per heavy atom. The van der Waals surface area contributed by atoms with Gasteiger partial charge in [0.05, 0.1) is 12.2 Å². The van der Waals surface area contributed by atoms with Gasteiger partial charge in [0, 0.05) is 30.6 Å². The summed E-state index contributed by atoms with van der Waals surface area (Å²) in [7, 11) is 0. The van der Waals surface area contributed by atoms with Crippen LogP contribution in [-0.4, -0.2) is 40.8 Å². The molecule has 0 spiro atoms. The monoisotopic (exact) mass is 376 g/mol. The van der Waals surface area contributed by atoms with Crippen LogP contribution in [0.1, 0.15) is 26.3 Å². The molecule has 5 nitrogen and oxygen atoms in total. The van der Waals surface area contributed by atoms with Gasteiger partial charge in [-0.3, -0.25) is 0 Å². The molecule has 1 aromatic rings. The second-order valence-electron chi connectivity index (χ2n) is 7.99. The van der Waals surface area contributed by atoms with Crippen LogP contribution >= 0.6 is 0 Å². The van der Waals surface area contributed by atoms with Crippen molar-refractivity contribution >= 4 is 6.09 Å². The molecule has 0 radical (unpaired) electrons. The standard InChI is InChI=1S/C17H20F4N2O3/c1-15(2,3)16-8-23(14(24)25)6-10(16)11(16)7-26-13-12(18)4-9(5-22-13)17(19,20)21/h4-5,10-11H,6-8H2,1-3H3,(H,24,25)/t10-,11+,16-/m0/s1. The molecule has 0 bridgehead atoms. The summed E-state index contributed by atoms with van der Waals surface area (Å²) < 4.78 is 56.9. The first-order valence-electron chi connectivity index (χ1n) is 8.21. The van der Waals surface area contributed by atoms with Gasteiger partial charge < -0.3 is 14.7 Å². The van der Waals surface area contributed by atoms with E-state index >= 15 is 0 Å². The first-order chi connectivity index (χ1) is 11.9. The molecule has 3 rings (SSSR count). The van der Waals surface area contributed by atoms with E-state index in [0.29, 0.717) is 25.4 Å². The van der Waals surface area contributed by atoms with Crippen LogP contribution in [0.5, 0.6) is 5.88 Å². The highest BCUT2D eigenvalue weighted by molar-refractivity contribution is 5.66. The Morgan fingerprint density at radius 1 is 1.42 bits per heavy atom. The molecule has 1 saturated carbocycles. The number of amides is 1. The molecule has 0 unspecified atom stereocenters. The zero-order valence-corrected chi connectivity index (χ0v) is 14.6. The minimum Gasteiger partial charge on any atom is -0.475 e. The zero-order chi connectivity index (χ0) is 19.5. The smallest absolute Gasteiger partial charge is 0.417 e. The first kappa shape index (κ1) is 18.7. The summed E-state index contributed by atoms with van der Waals surface area (Å²) in [6.45, 7) is 6.88. The number of ether oxygens (including phenoxy) is 1. The molecule has 1 aromatic heterocycles. The van der Waals surface area contributed by atoms with Crippen molar-refractivity contribution in [1.82, 2.24) is 9.88 Å². The number of piperidine rings is 1. The van der Waals surface area contributed by atoms with Crippen LogP contribution in [0.3, 0.4) is 0 Å². The van der Waals surface area contributed by atoms with E-state index in [1.165, 1.54) is 4.90 Å². The van der Waals surface area contributed by atoms with Gasteiger partial charge in [0.2, 0.25) is 5.88 Å². The third-order valence-corrected chi connectivity index (χ3v) is 5.77. The van der Waals surface area contributed by atoms with Crippen LogP contribution < -0.4 is 4.74 Å². The fraction of sp³-hybridized carbons (Fsp3) is 0.647. The number of hydrogen-bond donors (Lipinski definition) is 1. The van der Waals surface area contributed by atoms with E-state index < -0.39 is 29.5 Å². The average molecular weight is 376 g/mol. The van der Waals surface area contributed by atoms with Crippen LogP contribution in [0.25, 0.3) is 0 Å². The third kappa shape index (κ3) is 2.87. The van der Waals surface area contributed by atoms with Gasteiger partial charge in [-0.15, -0.1) is 0 Å². The Morgan fingerprint density at radius 3 is 2.54 bits per heavy atom. The highest BCUT2D eigenvalue weighted by Crippen LogP contribution is 2.71. The van der Waals surface area contributed by atoms with E-state index in [9.17, 15) is 27.5 Å². The number of rotatable bonds is 3. The van der Waals surface area contributed by atoms with Crippen molar-refractivity contribution in [3.8, 4) is 5.88 Å². The molecule has 1 amide bonds. The number of halogens is 4. The van der Waals surface area contributed by atoms with Crippen LogP contribution in [-0.2, 0) is 6.18 Å². The Bertz CT molecular complexity index is 732. The van der Waals surface area contributed by atoms with Crippen LogP contribution in [0.4, 0.5) is 22.4 Å². The number of aromatic nitrogens is 1. The number of nitrogens with zero attached hydrogens (tertiary/aromatic N) is 2. The largest absolute Gasteiger partial charge is 0.475 e. The van der Waals surface area contributed by atoms with Crippen LogP contribution in [0.15, 0.2) is 12.3 Å². The Kier molecular flexibility index (Phi) is 4.12. The van der Waals surface area contributed by atoms with E-state index in [1.54, 1.807) is 0 Å². The molecule has 3 atom stereocenters. The van der Waals surface area contributed by atoms with Gasteiger partial charge in [0.1, 0.15) is 0 Å². The molecule has 2 heterocycles. The average Bonchev–Trinajstić information content (AvgIpc) is 2.92. The van der Waals surface area contributed by atoms with E-state index in [-0.39, 0.29) is 29.3 Å². The van der Waals surface area contributed by atoms with Gasteiger partial charge in [-0.25, -0.2) is 14.2 Å². The highest BCUT2D eigenvalue weighted by Gasteiger charge is 2.74. The normalized spacial score (nSPS) is 28.0. The van der Waals surface area contributed by atoms with Crippen molar-refractivity contribution < 1.29 is 32.2 Å². The van der Waals surface area contributed by atoms with Gasteiger partial charge in [0.15, 0.2) is 5.82 Å². The molecule has 144 valence electrons.